The molecule has 1 aliphatic rings. The Morgan fingerprint density at radius 1 is 1.40 bits per heavy atom. The first-order valence-electron chi connectivity index (χ1n) is 5.75. The van der Waals surface area contributed by atoms with Crippen molar-refractivity contribution in [2.45, 2.75) is 13.1 Å². The van der Waals surface area contributed by atoms with Gasteiger partial charge in [0.1, 0.15) is 6.20 Å². The topological polar surface area (TPSA) is 96.6 Å². The summed E-state index contributed by atoms with van der Waals surface area (Å²) in [5, 5.41) is 20.2. The van der Waals surface area contributed by atoms with Gasteiger partial charge in [0.2, 0.25) is 0 Å². The van der Waals surface area contributed by atoms with Gasteiger partial charge in [-0.05, 0) is 34.6 Å². The molecule has 1 N–H and O–H groups in total. The number of aromatic carboxylic acids is 1. The summed E-state index contributed by atoms with van der Waals surface area (Å²) in [7, 11) is 0. The van der Waals surface area contributed by atoms with Crippen molar-refractivity contribution in [2.75, 3.05) is 4.90 Å². The number of benzene rings is 1. The number of carboxylic acids is 1. The lowest BCUT2D eigenvalue weighted by molar-refractivity contribution is -0.380. The Morgan fingerprint density at radius 2 is 2.15 bits per heavy atom. The zero-order chi connectivity index (χ0) is 14.3. The lowest BCUT2D eigenvalue weighted by atomic mass is 10.1. The van der Waals surface area contributed by atoms with Crippen molar-refractivity contribution in [3.63, 3.8) is 0 Å². The molecule has 102 valence electrons. The molecule has 7 nitrogen and oxygen atoms in total. The number of carbonyl (C=O) groups is 1. The van der Waals surface area contributed by atoms with Crippen LogP contribution in [0, 0.1) is 10.1 Å². The number of carboxylic acid groups (broad SMARTS) is 1. The fraction of sp³-hybridized carbons (Fsp3) is 0.167. The van der Waals surface area contributed by atoms with Gasteiger partial charge in [-0.15, -0.1) is 0 Å². The summed E-state index contributed by atoms with van der Waals surface area (Å²) in [6.45, 7) is 1.10. The fourth-order valence-corrected chi connectivity index (χ4v) is 2.88. The minimum absolute atomic E-state index is 0.00202. The molecule has 20 heavy (non-hydrogen) atoms. The van der Waals surface area contributed by atoms with E-state index in [9.17, 15) is 14.9 Å². The van der Waals surface area contributed by atoms with Crippen LogP contribution in [0.5, 0.6) is 0 Å². The van der Waals surface area contributed by atoms with E-state index in [0.29, 0.717) is 18.2 Å². The summed E-state index contributed by atoms with van der Waals surface area (Å²) < 4.78 is 0. The van der Waals surface area contributed by atoms with Gasteiger partial charge in [-0.3, -0.25) is 10.1 Å². The van der Waals surface area contributed by atoms with Crippen LogP contribution in [0.3, 0.4) is 0 Å². The number of fused-ring (bicyclic) bond motifs is 1. The Kier molecular flexibility index (Phi) is 2.87. The van der Waals surface area contributed by atoms with E-state index in [1.165, 1.54) is 6.20 Å². The van der Waals surface area contributed by atoms with E-state index >= 15 is 0 Å². The summed E-state index contributed by atoms with van der Waals surface area (Å²) in [6.07, 6.45) is 1.24. The van der Waals surface area contributed by atoms with Crippen LogP contribution in [-0.2, 0) is 13.1 Å². The molecule has 1 aliphatic heterocycles. The predicted octanol–water partition coefficient (Wildman–Crippen LogP) is 2.27. The highest BCUT2D eigenvalue weighted by Crippen LogP contribution is 2.34. The predicted molar refractivity (Wildman–Crippen MR) is 72.1 cm³/mol. The smallest absolute Gasteiger partial charge is 0.345 e. The van der Waals surface area contributed by atoms with Gasteiger partial charge in [0, 0.05) is 13.1 Å². The molecular formula is C12H9N3O4S. The molecule has 1 aromatic heterocycles. The Hall–Kier alpha value is -2.48. The molecule has 0 bridgehead atoms. The first kappa shape index (κ1) is 12.5. The van der Waals surface area contributed by atoms with Crippen molar-refractivity contribution >= 4 is 27.4 Å². The number of rotatable bonds is 3. The summed E-state index contributed by atoms with van der Waals surface area (Å²) in [5.74, 6) is -0.962. The van der Waals surface area contributed by atoms with Crippen LogP contribution >= 0.6 is 11.3 Å². The highest BCUT2D eigenvalue weighted by atomic mass is 32.1. The number of nitrogens with zero attached hydrogens (tertiary/aromatic N) is 3. The van der Waals surface area contributed by atoms with Gasteiger partial charge in [0.25, 0.3) is 0 Å². The number of thiazole rings is 1. The molecular weight excluding hydrogens is 282 g/mol. The van der Waals surface area contributed by atoms with Gasteiger partial charge in [0.05, 0.1) is 10.5 Å². The van der Waals surface area contributed by atoms with Crippen LogP contribution in [0.1, 0.15) is 21.5 Å². The van der Waals surface area contributed by atoms with E-state index in [0.717, 1.165) is 22.5 Å². The van der Waals surface area contributed by atoms with Crippen LogP contribution in [0.4, 0.5) is 10.1 Å². The van der Waals surface area contributed by atoms with E-state index in [1.54, 1.807) is 18.2 Å². The van der Waals surface area contributed by atoms with Crippen molar-refractivity contribution in [2.24, 2.45) is 0 Å². The number of nitro groups is 1. The monoisotopic (exact) mass is 291 g/mol. The Morgan fingerprint density at radius 3 is 2.80 bits per heavy atom. The number of hydrogen-bond acceptors (Lipinski definition) is 6. The average molecular weight is 291 g/mol. The molecule has 0 saturated carbocycles. The van der Waals surface area contributed by atoms with Crippen molar-refractivity contribution in [3.05, 3.63) is 51.2 Å². The normalized spacial score (nSPS) is 13.3. The number of hydrogen-bond donors (Lipinski definition) is 1. The first-order chi connectivity index (χ1) is 9.54. The molecule has 8 heteroatoms. The maximum absolute atomic E-state index is 10.9. The van der Waals surface area contributed by atoms with E-state index in [4.69, 9.17) is 5.11 Å². The lowest BCUT2D eigenvalue weighted by Crippen LogP contribution is -2.13. The minimum atomic E-state index is -0.962. The highest BCUT2D eigenvalue weighted by Gasteiger charge is 2.24. The molecule has 2 heterocycles. The van der Waals surface area contributed by atoms with Crippen LogP contribution < -0.4 is 4.90 Å². The van der Waals surface area contributed by atoms with E-state index in [-0.39, 0.29) is 10.6 Å². The Bertz CT molecular complexity index is 712. The zero-order valence-electron chi connectivity index (χ0n) is 10.1. The standard InChI is InChI=1S/C12H9N3O4S/c16-11(17)7-1-2-8-5-14(6-9(8)3-7)12-13-4-10(20-12)15(18)19/h1-4H,5-6H2,(H,16,17). The first-order valence-corrected chi connectivity index (χ1v) is 6.56. The summed E-state index contributed by atoms with van der Waals surface area (Å²) >= 11 is 1.02. The van der Waals surface area contributed by atoms with Crippen LogP contribution in [0.25, 0.3) is 0 Å². The van der Waals surface area contributed by atoms with E-state index < -0.39 is 10.9 Å². The van der Waals surface area contributed by atoms with Crippen molar-refractivity contribution in [1.29, 1.82) is 0 Å². The lowest BCUT2D eigenvalue weighted by Gasteiger charge is -2.12. The van der Waals surface area contributed by atoms with Gasteiger partial charge in [-0.1, -0.05) is 6.07 Å². The van der Waals surface area contributed by atoms with Gasteiger partial charge >= 0.3 is 11.0 Å². The SMILES string of the molecule is O=C(O)c1ccc2c(c1)CN(c1ncc([N+](=O)[O-])s1)C2. The second-order valence-corrected chi connectivity index (χ2v) is 5.37. The summed E-state index contributed by atoms with van der Waals surface area (Å²) in [4.78, 5) is 27.1. The third-order valence-corrected chi connectivity index (χ3v) is 4.12. The third kappa shape index (κ3) is 2.10. The Balaban J connectivity index is 1.85. The molecule has 0 spiro atoms. The molecule has 3 rings (SSSR count). The molecule has 0 amide bonds. The average Bonchev–Trinajstić information content (AvgIpc) is 3.04. The second kappa shape index (κ2) is 4.57. The third-order valence-electron chi connectivity index (χ3n) is 3.11. The summed E-state index contributed by atoms with van der Waals surface area (Å²) in [6, 6.07) is 4.98. The fourth-order valence-electron chi connectivity index (χ4n) is 2.15. The van der Waals surface area contributed by atoms with Gasteiger partial charge < -0.3 is 10.0 Å². The zero-order valence-corrected chi connectivity index (χ0v) is 11.0. The van der Waals surface area contributed by atoms with Crippen LogP contribution in [0.2, 0.25) is 0 Å². The van der Waals surface area contributed by atoms with E-state index in [2.05, 4.69) is 4.98 Å². The quantitative estimate of drug-likeness (QED) is 0.688. The molecule has 0 atom stereocenters. The van der Waals surface area contributed by atoms with Gasteiger partial charge in [-0.25, -0.2) is 9.78 Å². The second-order valence-electron chi connectivity index (χ2n) is 4.38. The number of anilines is 1. The largest absolute Gasteiger partial charge is 0.478 e. The maximum atomic E-state index is 10.9. The molecule has 1 aromatic carbocycles. The van der Waals surface area contributed by atoms with Crippen LogP contribution in [0.15, 0.2) is 24.4 Å². The van der Waals surface area contributed by atoms with Crippen molar-refractivity contribution in [3.8, 4) is 0 Å². The molecule has 0 radical (unpaired) electrons. The highest BCUT2D eigenvalue weighted by molar-refractivity contribution is 7.18. The minimum Gasteiger partial charge on any atom is -0.478 e. The summed E-state index contributed by atoms with van der Waals surface area (Å²) in [5.41, 5.74) is 2.19. The van der Waals surface area contributed by atoms with E-state index in [1.807, 2.05) is 4.90 Å². The molecule has 0 saturated heterocycles. The number of aromatic nitrogens is 1. The maximum Gasteiger partial charge on any atom is 0.345 e. The molecule has 2 aromatic rings. The van der Waals surface area contributed by atoms with Crippen LogP contribution in [-0.4, -0.2) is 21.0 Å². The molecule has 0 aliphatic carbocycles. The van der Waals surface area contributed by atoms with Crippen molar-refractivity contribution < 1.29 is 14.8 Å². The van der Waals surface area contributed by atoms with Crippen molar-refractivity contribution in [1.82, 2.24) is 4.98 Å². The molecule has 0 unspecified atom stereocenters. The van der Waals surface area contributed by atoms with Gasteiger partial charge in [-0.2, -0.15) is 0 Å². The molecule has 0 fully saturated rings. The van der Waals surface area contributed by atoms with Gasteiger partial charge in [0.15, 0.2) is 5.13 Å². The Labute approximate surface area is 117 Å².